The maximum atomic E-state index is 12.8. The van der Waals surface area contributed by atoms with Gasteiger partial charge in [-0.25, -0.2) is 8.42 Å². The number of hydrogen-bond acceptors (Lipinski definition) is 5. The van der Waals surface area contributed by atoms with Gasteiger partial charge >= 0.3 is 6.18 Å². The van der Waals surface area contributed by atoms with Gasteiger partial charge in [0.25, 0.3) is 11.8 Å². The van der Waals surface area contributed by atoms with Crippen molar-refractivity contribution in [1.29, 1.82) is 0 Å². The van der Waals surface area contributed by atoms with E-state index in [1.54, 1.807) is 14.1 Å². The van der Waals surface area contributed by atoms with Gasteiger partial charge in [-0.3, -0.25) is 9.59 Å². The molecule has 0 saturated carbocycles. The number of aliphatic hydroxyl groups is 1. The molecule has 0 aromatic heterocycles. The van der Waals surface area contributed by atoms with Crippen LogP contribution in [0.2, 0.25) is 5.02 Å². The number of rotatable bonds is 5. The lowest BCUT2D eigenvalue weighted by atomic mass is 10.1. The second kappa shape index (κ2) is 8.48. The molecule has 2 aromatic rings. The average Bonchev–Trinajstić information content (AvgIpc) is 2.67. The van der Waals surface area contributed by atoms with Crippen molar-refractivity contribution in [2.75, 3.05) is 19.4 Å². The largest absolute Gasteiger partial charge is 0.426 e. The maximum absolute atomic E-state index is 12.8. The van der Waals surface area contributed by atoms with E-state index in [1.165, 1.54) is 29.2 Å². The SMILES string of the molecule is CN(C)C(=O)c1ccc(S(=O)(=O)c2ccc(NC(=O)[C@](C)(O)C(F)(F)F)c(Cl)c2)cc1. The number of hydrogen-bond donors (Lipinski definition) is 2. The third-order valence-electron chi connectivity index (χ3n) is 4.31. The van der Waals surface area contributed by atoms with Crippen molar-refractivity contribution in [2.45, 2.75) is 28.5 Å². The van der Waals surface area contributed by atoms with Crippen LogP contribution in [0, 0.1) is 0 Å². The van der Waals surface area contributed by atoms with Gasteiger partial charge in [-0.1, -0.05) is 11.6 Å². The first kappa shape index (κ1) is 24.6. The smallest absolute Gasteiger partial charge is 0.373 e. The minimum absolute atomic E-state index is 0.143. The van der Waals surface area contributed by atoms with E-state index in [0.717, 1.165) is 18.2 Å². The van der Waals surface area contributed by atoms with Gasteiger partial charge in [-0.2, -0.15) is 13.2 Å². The molecule has 0 aliphatic carbocycles. The lowest BCUT2D eigenvalue weighted by molar-refractivity contribution is -0.242. The Morgan fingerprint density at radius 3 is 2.00 bits per heavy atom. The first-order valence-corrected chi connectivity index (χ1v) is 10.4. The highest BCUT2D eigenvalue weighted by Gasteiger charge is 2.55. The van der Waals surface area contributed by atoms with E-state index in [-0.39, 0.29) is 38.9 Å². The molecule has 2 rings (SSSR count). The summed E-state index contributed by atoms with van der Waals surface area (Å²) in [6.07, 6.45) is -5.23. The summed E-state index contributed by atoms with van der Waals surface area (Å²) in [5.74, 6) is -2.10. The lowest BCUT2D eigenvalue weighted by Gasteiger charge is -2.25. The molecule has 7 nitrogen and oxygen atoms in total. The van der Waals surface area contributed by atoms with E-state index < -0.39 is 27.5 Å². The molecule has 168 valence electrons. The molecule has 1 atom stereocenters. The summed E-state index contributed by atoms with van der Waals surface area (Å²) in [5, 5.41) is 10.9. The predicted molar refractivity (Wildman–Crippen MR) is 107 cm³/mol. The summed E-state index contributed by atoms with van der Waals surface area (Å²) >= 11 is 5.94. The summed E-state index contributed by atoms with van der Waals surface area (Å²) in [7, 11) is -0.982. The summed E-state index contributed by atoms with van der Waals surface area (Å²) in [5.41, 5.74) is -3.72. The number of sulfone groups is 1. The van der Waals surface area contributed by atoms with Crippen molar-refractivity contribution >= 4 is 38.9 Å². The molecule has 0 fully saturated rings. The molecule has 0 aliphatic heterocycles. The van der Waals surface area contributed by atoms with Crippen molar-refractivity contribution in [3.05, 3.63) is 53.1 Å². The Balaban J connectivity index is 2.32. The molecule has 0 radical (unpaired) electrons. The third kappa shape index (κ3) is 5.00. The van der Waals surface area contributed by atoms with Gasteiger partial charge in [-0.05, 0) is 49.4 Å². The fraction of sp³-hybridized carbons (Fsp3) is 0.263. The van der Waals surface area contributed by atoms with E-state index in [9.17, 15) is 36.3 Å². The van der Waals surface area contributed by atoms with E-state index >= 15 is 0 Å². The van der Waals surface area contributed by atoms with Crippen LogP contribution < -0.4 is 5.32 Å². The molecule has 2 N–H and O–H groups in total. The molecule has 0 heterocycles. The van der Waals surface area contributed by atoms with Gasteiger partial charge in [0, 0.05) is 19.7 Å². The number of benzene rings is 2. The minimum Gasteiger partial charge on any atom is -0.373 e. The van der Waals surface area contributed by atoms with Crippen LogP contribution in [-0.2, 0) is 14.6 Å². The highest BCUT2D eigenvalue weighted by atomic mass is 35.5. The Kier molecular flexibility index (Phi) is 6.74. The molecule has 2 aromatic carbocycles. The Hall–Kier alpha value is -2.63. The average molecular weight is 479 g/mol. The van der Waals surface area contributed by atoms with Crippen LogP contribution in [0.1, 0.15) is 17.3 Å². The molecule has 2 amide bonds. The van der Waals surface area contributed by atoms with E-state index in [4.69, 9.17) is 11.6 Å². The summed E-state index contributed by atoms with van der Waals surface area (Å²) in [4.78, 5) is 24.6. The number of amides is 2. The zero-order valence-corrected chi connectivity index (χ0v) is 18.1. The monoisotopic (exact) mass is 478 g/mol. The molecule has 0 spiro atoms. The third-order valence-corrected chi connectivity index (χ3v) is 6.39. The minimum atomic E-state index is -5.23. The van der Waals surface area contributed by atoms with Gasteiger partial charge in [0.15, 0.2) is 0 Å². The van der Waals surface area contributed by atoms with Crippen LogP contribution in [0.15, 0.2) is 52.3 Å². The van der Waals surface area contributed by atoms with E-state index in [0.29, 0.717) is 0 Å². The number of halogens is 4. The van der Waals surface area contributed by atoms with Crippen LogP contribution in [0.25, 0.3) is 0 Å². The molecular formula is C19H18ClF3N2O5S. The molecule has 12 heteroatoms. The van der Waals surface area contributed by atoms with Gasteiger partial charge < -0.3 is 15.3 Å². The van der Waals surface area contributed by atoms with Gasteiger partial charge in [0.1, 0.15) is 0 Å². The number of carbonyl (C=O) groups excluding carboxylic acids is 2. The second-order valence-electron chi connectivity index (χ2n) is 6.89. The van der Waals surface area contributed by atoms with Crippen LogP contribution in [0.5, 0.6) is 0 Å². The summed E-state index contributed by atoms with van der Waals surface area (Å²) in [6.45, 7) is 0.278. The van der Waals surface area contributed by atoms with Crippen molar-refractivity contribution in [1.82, 2.24) is 4.90 Å². The Bertz CT molecular complexity index is 1110. The lowest BCUT2D eigenvalue weighted by Crippen LogP contribution is -2.52. The Morgan fingerprint density at radius 2 is 1.55 bits per heavy atom. The van der Waals surface area contributed by atoms with E-state index in [1.807, 2.05) is 5.32 Å². The van der Waals surface area contributed by atoms with Crippen molar-refractivity contribution in [3.63, 3.8) is 0 Å². The van der Waals surface area contributed by atoms with Gasteiger partial charge in [0.2, 0.25) is 15.4 Å². The fourth-order valence-electron chi connectivity index (χ4n) is 2.31. The number of alkyl halides is 3. The van der Waals surface area contributed by atoms with Crippen LogP contribution in [0.3, 0.4) is 0 Å². The highest BCUT2D eigenvalue weighted by Crippen LogP contribution is 2.33. The molecule has 0 aliphatic rings. The van der Waals surface area contributed by atoms with Crippen molar-refractivity contribution in [2.24, 2.45) is 0 Å². The molecule has 0 unspecified atom stereocenters. The first-order valence-electron chi connectivity index (χ1n) is 8.56. The Morgan fingerprint density at radius 1 is 1.03 bits per heavy atom. The number of nitrogens with zero attached hydrogens (tertiary/aromatic N) is 1. The molecule has 31 heavy (non-hydrogen) atoms. The van der Waals surface area contributed by atoms with Crippen LogP contribution in [0.4, 0.5) is 18.9 Å². The van der Waals surface area contributed by atoms with Gasteiger partial charge in [0.05, 0.1) is 20.5 Å². The van der Waals surface area contributed by atoms with Crippen molar-refractivity contribution < 1.29 is 36.3 Å². The molecular weight excluding hydrogens is 461 g/mol. The fourth-order valence-corrected chi connectivity index (χ4v) is 3.89. The Labute approximate surface area is 181 Å². The quantitative estimate of drug-likeness (QED) is 0.687. The topological polar surface area (TPSA) is 104 Å². The summed E-state index contributed by atoms with van der Waals surface area (Å²) < 4.78 is 63.9. The zero-order chi connectivity index (χ0) is 23.8. The first-order chi connectivity index (χ1) is 14.1. The normalized spacial score (nSPS) is 13.9. The van der Waals surface area contributed by atoms with E-state index in [2.05, 4.69) is 0 Å². The van der Waals surface area contributed by atoms with Gasteiger partial charge in [-0.15, -0.1) is 0 Å². The number of anilines is 1. The summed E-state index contributed by atoms with van der Waals surface area (Å²) in [6, 6.07) is 8.14. The maximum Gasteiger partial charge on any atom is 0.426 e. The second-order valence-corrected chi connectivity index (χ2v) is 9.25. The highest BCUT2D eigenvalue weighted by molar-refractivity contribution is 7.91. The van der Waals surface area contributed by atoms with Crippen molar-refractivity contribution in [3.8, 4) is 0 Å². The zero-order valence-electron chi connectivity index (χ0n) is 16.5. The van der Waals surface area contributed by atoms with Crippen LogP contribution in [-0.4, -0.2) is 56.1 Å². The molecule has 0 saturated heterocycles. The number of nitrogens with one attached hydrogen (secondary N) is 1. The standard InChI is InChI=1S/C19H18ClF3N2O5S/c1-18(28,19(21,22)23)17(27)24-15-9-8-13(10-14(15)20)31(29,30)12-6-4-11(5-7-12)16(26)25(2)3/h4-10,28H,1-3H3,(H,24,27)/t18-/m0/s1. The van der Waals surface area contributed by atoms with Crippen LogP contribution >= 0.6 is 11.6 Å². The number of carbonyl (C=O) groups is 2. The predicted octanol–water partition coefficient (Wildman–Crippen LogP) is 3.13. The molecule has 0 bridgehead atoms.